The lowest BCUT2D eigenvalue weighted by Gasteiger charge is -2.18. The van der Waals surface area contributed by atoms with Gasteiger partial charge in [0, 0.05) is 24.4 Å². The number of nitrogens with one attached hydrogen (secondary N) is 1. The summed E-state index contributed by atoms with van der Waals surface area (Å²) in [4.78, 5) is 35.8. The van der Waals surface area contributed by atoms with E-state index in [2.05, 4.69) is 5.32 Å². The van der Waals surface area contributed by atoms with Crippen LogP contribution in [0.25, 0.3) is 0 Å². The number of nitrogens with zero attached hydrogens (tertiary/aromatic N) is 1. The molecule has 0 bridgehead atoms. The lowest BCUT2D eigenvalue weighted by atomic mass is 10.1. The van der Waals surface area contributed by atoms with Gasteiger partial charge < -0.3 is 24.1 Å². The van der Waals surface area contributed by atoms with Crippen molar-refractivity contribution in [3.05, 3.63) is 47.3 Å². The summed E-state index contributed by atoms with van der Waals surface area (Å²) in [6.45, 7) is 2.75. The van der Waals surface area contributed by atoms with Crippen LogP contribution in [0, 0.1) is 0 Å². The number of benzene rings is 1. The van der Waals surface area contributed by atoms with Crippen molar-refractivity contribution in [1.82, 2.24) is 9.88 Å². The average Bonchev–Trinajstić information content (AvgIpc) is 3.07. The first-order valence-corrected chi connectivity index (χ1v) is 8.62. The number of esters is 1. The molecule has 0 aliphatic carbocycles. The Kier molecular flexibility index (Phi) is 6.81. The Hall–Kier alpha value is -3.29. The summed E-state index contributed by atoms with van der Waals surface area (Å²) < 4.78 is 17.1. The second kappa shape index (κ2) is 9.07. The lowest BCUT2D eigenvalue weighted by molar-refractivity contribution is -0.124. The molecular weight excluding hydrogens is 364 g/mol. The minimum absolute atomic E-state index is 0.159. The minimum atomic E-state index is -0.684. The van der Waals surface area contributed by atoms with E-state index >= 15 is 0 Å². The van der Waals surface area contributed by atoms with Crippen LogP contribution in [0.2, 0.25) is 0 Å². The van der Waals surface area contributed by atoms with Crippen LogP contribution >= 0.6 is 0 Å². The van der Waals surface area contributed by atoms with E-state index in [0.717, 1.165) is 5.56 Å². The van der Waals surface area contributed by atoms with Crippen LogP contribution in [0.4, 0.5) is 0 Å². The first-order valence-electron chi connectivity index (χ1n) is 8.62. The predicted octanol–water partition coefficient (Wildman–Crippen LogP) is 2.28. The lowest BCUT2D eigenvalue weighted by Crippen LogP contribution is -2.31. The van der Waals surface area contributed by atoms with Crippen LogP contribution in [0.15, 0.2) is 30.5 Å². The van der Waals surface area contributed by atoms with Crippen LogP contribution in [0.5, 0.6) is 11.5 Å². The largest absolute Gasteiger partial charge is 0.497 e. The number of hydrogen-bond donors (Lipinski definition) is 1. The van der Waals surface area contributed by atoms with Gasteiger partial charge in [0.1, 0.15) is 17.2 Å². The summed E-state index contributed by atoms with van der Waals surface area (Å²) in [5.41, 5.74) is 1.33. The Morgan fingerprint density at radius 3 is 2.43 bits per heavy atom. The fourth-order valence-corrected chi connectivity index (χ4v) is 2.70. The monoisotopic (exact) mass is 388 g/mol. The molecule has 2 rings (SSSR count). The number of methoxy groups -OCH3 is 2. The van der Waals surface area contributed by atoms with Crippen LogP contribution in [0.1, 0.15) is 46.3 Å². The van der Waals surface area contributed by atoms with Gasteiger partial charge >= 0.3 is 5.97 Å². The smallest absolute Gasteiger partial charge is 0.355 e. The fraction of sp³-hybridized carbons (Fsp3) is 0.350. The molecule has 0 aliphatic rings. The highest BCUT2D eigenvalue weighted by Crippen LogP contribution is 2.29. The third kappa shape index (κ3) is 4.91. The maximum absolute atomic E-state index is 12.2. The van der Waals surface area contributed by atoms with Gasteiger partial charge in [0.2, 0.25) is 0 Å². The number of Topliss-reactive ketones (excluding diaryl/α,β-unsaturated/α-hetero) is 1. The zero-order chi connectivity index (χ0) is 20.8. The number of rotatable bonds is 8. The number of aromatic nitrogens is 1. The molecule has 0 saturated carbocycles. The quantitative estimate of drug-likeness (QED) is 0.551. The number of carbonyl (C=O) groups excluding carboxylic acids is 3. The zero-order valence-corrected chi connectivity index (χ0v) is 16.6. The standard InChI is InChI=1S/C20H24N2O6/c1-12(16-9-15(26-4)6-7-18(16)27-5)21-19(24)11-28-20(25)17-8-14(13(2)23)10-22(17)3/h6-10,12H,11H2,1-5H3,(H,21,24)/t12-/m1/s1. The van der Waals surface area contributed by atoms with E-state index in [-0.39, 0.29) is 11.5 Å². The van der Waals surface area contributed by atoms with Gasteiger partial charge in [-0.2, -0.15) is 0 Å². The molecule has 1 N–H and O–H groups in total. The molecule has 28 heavy (non-hydrogen) atoms. The highest BCUT2D eigenvalue weighted by Gasteiger charge is 2.19. The number of ether oxygens (including phenoxy) is 3. The summed E-state index contributed by atoms with van der Waals surface area (Å²) in [5.74, 6) is -0.0728. The third-order valence-corrected chi connectivity index (χ3v) is 4.24. The summed E-state index contributed by atoms with van der Waals surface area (Å²) in [6, 6.07) is 6.32. The molecule has 0 saturated heterocycles. The van der Waals surface area contributed by atoms with Gasteiger partial charge in [0.05, 0.1) is 20.3 Å². The number of hydrogen-bond acceptors (Lipinski definition) is 6. The van der Waals surface area contributed by atoms with E-state index in [4.69, 9.17) is 14.2 Å². The maximum Gasteiger partial charge on any atom is 0.355 e. The van der Waals surface area contributed by atoms with Gasteiger partial charge in [0.15, 0.2) is 12.4 Å². The number of amides is 1. The molecule has 1 heterocycles. The molecular formula is C20H24N2O6. The second-order valence-electron chi connectivity index (χ2n) is 6.25. The summed E-state index contributed by atoms with van der Waals surface area (Å²) in [7, 11) is 4.71. The Bertz CT molecular complexity index is 887. The Morgan fingerprint density at radius 2 is 1.86 bits per heavy atom. The van der Waals surface area contributed by atoms with Crippen molar-refractivity contribution in [2.45, 2.75) is 19.9 Å². The van der Waals surface area contributed by atoms with Crippen LogP contribution < -0.4 is 14.8 Å². The number of carbonyl (C=O) groups is 3. The fourth-order valence-electron chi connectivity index (χ4n) is 2.70. The molecule has 8 nitrogen and oxygen atoms in total. The van der Waals surface area contributed by atoms with Crippen molar-refractivity contribution < 1.29 is 28.6 Å². The van der Waals surface area contributed by atoms with Gasteiger partial charge in [0.25, 0.3) is 5.91 Å². The minimum Gasteiger partial charge on any atom is -0.497 e. The van der Waals surface area contributed by atoms with Crippen LogP contribution in [0.3, 0.4) is 0 Å². The Morgan fingerprint density at radius 1 is 1.14 bits per heavy atom. The molecule has 150 valence electrons. The molecule has 1 amide bonds. The normalized spacial score (nSPS) is 11.5. The summed E-state index contributed by atoms with van der Waals surface area (Å²) >= 11 is 0. The topological polar surface area (TPSA) is 95.9 Å². The second-order valence-corrected chi connectivity index (χ2v) is 6.25. The molecule has 2 aromatic rings. The van der Waals surface area contributed by atoms with E-state index < -0.39 is 24.5 Å². The molecule has 1 atom stereocenters. The molecule has 0 radical (unpaired) electrons. The third-order valence-electron chi connectivity index (χ3n) is 4.24. The van der Waals surface area contributed by atoms with Crippen LogP contribution in [-0.2, 0) is 16.6 Å². The van der Waals surface area contributed by atoms with E-state index in [9.17, 15) is 14.4 Å². The summed E-state index contributed by atoms with van der Waals surface area (Å²) in [5, 5.41) is 2.75. The predicted molar refractivity (Wildman–Crippen MR) is 102 cm³/mol. The first-order chi connectivity index (χ1) is 13.3. The van der Waals surface area contributed by atoms with Crippen molar-refractivity contribution >= 4 is 17.7 Å². The molecule has 0 aliphatic heterocycles. The molecule has 0 fully saturated rings. The van der Waals surface area contributed by atoms with Crippen LogP contribution in [-0.4, -0.2) is 43.1 Å². The number of ketones is 1. The highest BCUT2D eigenvalue weighted by molar-refractivity contribution is 5.98. The van der Waals surface area contributed by atoms with Gasteiger partial charge in [-0.25, -0.2) is 4.79 Å². The molecule has 1 aromatic heterocycles. The molecule has 1 aromatic carbocycles. The summed E-state index contributed by atoms with van der Waals surface area (Å²) in [6.07, 6.45) is 1.54. The van der Waals surface area contributed by atoms with Crippen molar-refractivity contribution in [1.29, 1.82) is 0 Å². The Balaban J connectivity index is 1.99. The van der Waals surface area contributed by atoms with E-state index in [1.54, 1.807) is 39.3 Å². The van der Waals surface area contributed by atoms with Gasteiger partial charge in [-0.1, -0.05) is 0 Å². The Labute approximate surface area is 163 Å². The van der Waals surface area contributed by atoms with Gasteiger partial charge in [-0.15, -0.1) is 0 Å². The van der Waals surface area contributed by atoms with E-state index in [1.807, 2.05) is 0 Å². The molecule has 0 unspecified atom stereocenters. The van der Waals surface area contributed by atoms with Crippen molar-refractivity contribution in [2.75, 3.05) is 20.8 Å². The van der Waals surface area contributed by atoms with E-state index in [0.29, 0.717) is 17.1 Å². The van der Waals surface area contributed by atoms with E-state index in [1.165, 1.54) is 30.9 Å². The van der Waals surface area contributed by atoms with Gasteiger partial charge in [-0.05, 0) is 38.1 Å². The van der Waals surface area contributed by atoms with Crippen molar-refractivity contribution in [3.63, 3.8) is 0 Å². The van der Waals surface area contributed by atoms with Gasteiger partial charge in [-0.3, -0.25) is 9.59 Å². The average molecular weight is 388 g/mol. The highest BCUT2D eigenvalue weighted by atomic mass is 16.5. The zero-order valence-electron chi connectivity index (χ0n) is 16.6. The van der Waals surface area contributed by atoms with Crippen molar-refractivity contribution in [3.8, 4) is 11.5 Å². The maximum atomic E-state index is 12.2. The molecule has 8 heteroatoms. The van der Waals surface area contributed by atoms with Crippen molar-refractivity contribution in [2.24, 2.45) is 7.05 Å². The first kappa shape index (κ1) is 21.0. The molecule has 0 spiro atoms. The SMILES string of the molecule is COc1ccc(OC)c([C@@H](C)NC(=O)COC(=O)c2cc(C(C)=O)cn2C)c1. The number of aryl methyl sites for hydroxylation is 1.